The summed E-state index contributed by atoms with van der Waals surface area (Å²) < 4.78 is 12.7. The van der Waals surface area contributed by atoms with Gasteiger partial charge in [-0.1, -0.05) is 0 Å². The molecule has 0 atom stereocenters. The lowest BCUT2D eigenvalue weighted by atomic mass is 10.3. The molecule has 17 heavy (non-hydrogen) atoms. The molecule has 0 heterocycles. The van der Waals surface area contributed by atoms with Crippen molar-refractivity contribution < 1.29 is 9.47 Å². The first-order valence-electron chi connectivity index (χ1n) is 5.49. The first-order valence-corrected chi connectivity index (χ1v) is 7.08. The van der Waals surface area contributed by atoms with Crippen molar-refractivity contribution in [3.05, 3.63) is 21.1 Å². The number of ether oxygens (including phenoxy) is 2. The van der Waals surface area contributed by atoms with Crippen LogP contribution in [-0.2, 0) is 0 Å². The van der Waals surface area contributed by atoms with Crippen LogP contribution in [0.4, 0.5) is 0 Å². The van der Waals surface area contributed by atoms with Crippen LogP contribution in [0.15, 0.2) is 21.1 Å². The van der Waals surface area contributed by atoms with E-state index in [4.69, 9.17) is 9.47 Å². The molecule has 0 amide bonds. The molecular formula is C12H17Br2NO2. The second-order valence-electron chi connectivity index (χ2n) is 3.58. The zero-order chi connectivity index (χ0) is 12.7. The van der Waals surface area contributed by atoms with Gasteiger partial charge in [0.25, 0.3) is 0 Å². The van der Waals surface area contributed by atoms with Crippen LogP contribution in [0.1, 0.15) is 12.8 Å². The fourth-order valence-electron chi connectivity index (χ4n) is 1.36. The second-order valence-corrected chi connectivity index (χ2v) is 5.28. The van der Waals surface area contributed by atoms with E-state index >= 15 is 0 Å². The lowest BCUT2D eigenvalue weighted by Crippen LogP contribution is -2.09. The first-order chi connectivity index (χ1) is 8.19. The number of hydrogen-bond acceptors (Lipinski definition) is 3. The van der Waals surface area contributed by atoms with Gasteiger partial charge in [-0.3, -0.25) is 0 Å². The number of unbranched alkanes of at least 4 members (excludes halogenated alkanes) is 1. The molecule has 0 aliphatic rings. The third-order valence-corrected chi connectivity index (χ3v) is 3.52. The first kappa shape index (κ1) is 14.8. The van der Waals surface area contributed by atoms with Crippen LogP contribution in [0, 0.1) is 0 Å². The van der Waals surface area contributed by atoms with Crippen LogP contribution < -0.4 is 14.8 Å². The van der Waals surface area contributed by atoms with Crippen LogP contribution >= 0.6 is 31.9 Å². The third kappa shape index (κ3) is 4.85. The van der Waals surface area contributed by atoms with Crippen molar-refractivity contribution in [2.75, 3.05) is 27.3 Å². The number of benzene rings is 1. The highest BCUT2D eigenvalue weighted by atomic mass is 79.9. The molecule has 1 N–H and O–H groups in total. The zero-order valence-electron chi connectivity index (χ0n) is 10.1. The molecule has 0 bridgehead atoms. The second kappa shape index (κ2) is 7.95. The Morgan fingerprint density at radius 2 is 1.76 bits per heavy atom. The van der Waals surface area contributed by atoms with Gasteiger partial charge in [0.15, 0.2) is 0 Å². The minimum Gasteiger partial charge on any atom is -0.496 e. The van der Waals surface area contributed by atoms with E-state index in [1.165, 1.54) is 0 Å². The predicted molar refractivity (Wildman–Crippen MR) is 77.0 cm³/mol. The molecular weight excluding hydrogens is 350 g/mol. The van der Waals surface area contributed by atoms with Crippen LogP contribution in [0.5, 0.6) is 11.5 Å². The maximum absolute atomic E-state index is 5.70. The smallest absolute Gasteiger partial charge is 0.134 e. The third-order valence-electron chi connectivity index (χ3n) is 2.29. The summed E-state index contributed by atoms with van der Waals surface area (Å²) in [7, 11) is 3.60. The molecule has 0 spiro atoms. The maximum atomic E-state index is 5.70. The number of rotatable bonds is 7. The molecule has 0 aromatic heterocycles. The molecule has 0 unspecified atom stereocenters. The largest absolute Gasteiger partial charge is 0.496 e. The standard InChI is InChI=1S/C12H17Br2NO2/c1-15-5-3-4-6-17-12-8-9(13)11(16-2)7-10(12)14/h7-8,15H,3-6H2,1-2H3. The topological polar surface area (TPSA) is 30.5 Å². The molecule has 0 saturated carbocycles. The highest BCUT2D eigenvalue weighted by molar-refractivity contribution is 9.11. The molecule has 0 radical (unpaired) electrons. The molecule has 1 rings (SSSR count). The Labute approximate surface area is 119 Å². The van der Waals surface area contributed by atoms with Gasteiger partial charge in [0.2, 0.25) is 0 Å². The lowest BCUT2D eigenvalue weighted by Gasteiger charge is -2.11. The fraction of sp³-hybridized carbons (Fsp3) is 0.500. The van der Waals surface area contributed by atoms with Crippen molar-refractivity contribution >= 4 is 31.9 Å². The van der Waals surface area contributed by atoms with Gasteiger partial charge in [-0.15, -0.1) is 0 Å². The van der Waals surface area contributed by atoms with Crippen molar-refractivity contribution in [2.24, 2.45) is 0 Å². The minimum absolute atomic E-state index is 0.721. The van der Waals surface area contributed by atoms with Crippen LogP contribution in [-0.4, -0.2) is 27.3 Å². The number of nitrogens with one attached hydrogen (secondary N) is 1. The van der Waals surface area contributed by atoms with Gasteiger partial charge in [-0.2, -0.15) is 0 Å². The van der Waals surface area contributed by atoms with Gasteiger partial charge >= 0.3 is 0 Å². The number of hydrogen-bond donors (Lipinski definition) is 1. The number of methoxy groups -OCH3 is 1. The van der Waals surface area contributed by atoms with E-state index in [0.717, 1.165) is 46.4 Å². The quantitative estimate of drug-likeness (QED) is 0.748. The van der Waals surface area contributed by atoms with E-state index in [-0.39, 0.29) is 0 Å². The van der Waals surface area contributed by atoms with E-state index in [0.29, 0.717) is 0 Å². The Hall–Kier alpha value is -0.260. The minimum atomic E-state index is 0.721. The van der Waals surface area contributed by atoms with E-state index < -0.39 is 0 Å². The molecule has 1 aromatic rings. The Morgan fingerprint density at radius 3 is 2.41 bits per heavy atom. The Bertz CT molecular complexity index is 359. The predicted octanol–water partition coefficient (Wildman–Crippen LogP) is 3.60. The van der Waals surface area contributed by atoms with Gasteiger partial charge in [0.05, 0.1) is 22.7 Å². The molecule has 0 aliphatic heterocycles. The van der Waals surface area contributed by atoms with Crippen LogP contribution in [0.25, 0.3) is 0 Å². The summed E-state index contributed by atoms with van der Waals surface area (Å²) in [5, 5.41) is 3.11. The SMILES string of the molecule is CNCCCCOc1cc(Br)c(OC)cc1Br. The normalized spacial score (nSPS) is 10.4. The summed E-state index contributed by atoms with van der Waals surface area (Å²) in [6.07, 6.45) is 2.16. The molecule has 0 saturated heterocycles. The van der Waals surface area contributed by atoms with Gasteiger partial charge in [-0.25, -0.2) is 0 Å². The summed E-state index contributed by atoms with van der Waals surface area (Å²) in [6.45, 7) is 1.75. The van der Waals surface area contributed by atoms with Crippen molar-refractivity contribution in [1.82, 2.24) is 5.32 Å². The summed E-state index contributed by atoms with van der Waals surface area (Å²) in [4.78, 5) is 0. The molecule has 3 nitrogen and oxygen atoms in total. The fourth-order valence-corrected chi connectivity index (χ4v) is 2.28. The molecule has 1 aromatic carbocycles. The highest BCUT2D eigenvalue weighted by Gasteiger charge is 2.07. The average Bonchev–Trinajstić information content (AvgIpc) is 2.32. The van der Waals surface area contributed by atoms with Gasteiger partial charge in [0.1, 0.15) is 11.5 Å². The van der Waals surface area contributed by atoms with Gasteiger partial charge < -0.3 is 14.8 Å². The maximum Gasteiger partial charge on any atom is 0.134 e. The van der Waals surface area contributed by atoms with Crippen LogP contribution in [0.3, 0.4) is 0 Å². The zero-order valence-corrected chi connectivity index (χ0v) is 13.2. The van der Waals surface area contributed by atoms with E-state index in [2.05, 4.69) is 37.2 Å². The lowest BCUT2D eigenvalue weighted by molar-refractivity contribution is 0.303. The highest BCUT2D eigenvalue weighted by Crippen LogP contribution is 2.35. The summed E-state index contributed by atoms with van der Waals surface area (Å²) in [6, 6.07) is 3.81. The Balaban J connectivity index is 2.51. The van der Waals surface area contributed by atoms with E-state index in [1.807, 2.05) is 19.2 Å². The van der Waals surface area contributed by atoms with Crippen molar-refractivity contribution in [3.8, 4) is 11.5 Å². The average molecular weight is 367 g/mol. The van der Waals surface area contributed by atoms with Crippen molar-refractivity contribution in [1.29, 1.82) is 0 Å². The van der Waals surface area contributed by atoms with Gasteiger partial charge in [0, 0.05) is 0 Å². The van der Waals surface area contributed by atoms with Crippen molar-refractivity contribution in [3.63, 3.8) is 0 Å². The summed E-state index contributed by atoms with van der Waals surface area (Å²) in [5.41, 5.74) is 0. The summed E-state index contributed by atoms with van der Waals surface area (Å²) >= 11 is 6.91. The Morgan fingerprint density at radius 1 is 1.12 bits per heavy atom. The molecule has 0 fully saturated rings. The molecule has 96 valence electrons. The van der Waals surface area contributed by atoms with Crippen LogP contribution in [0.2, 0.25) is 0 Å². The van der Waals surface area contributed by atoms with Crippen molar-refractivity contribution in [2.45, 2.75) is 12.8 Å². The number of halogens is 2. The Kier molecular flexibility index (Phi) is 6.92. The van der Waals surface area contributed by atoms with E-state index in [1.54, 1.807) is 7.11 Å². The molecule has 5 heteroatoms. The monoisotopic (exact) mass is 365 g/mol. The summed E-state index contributed by atoms with van der Waals surface area (Å²) in [5.74, 6) is 1.63. The molecule has 0 aliphatic carbocycles. The van der Waals surface area contributed by atoms with E-state index in [9.17, 15) is 0 Å². The van der Waals surface area contributed by atoms with Gasteiger partial charge in [-0.05, 0) is 70.4 Å².